The first-order valence-electron chi connectivity index (χ1n) is 5.56. The smallest absolute Gasteiger partial charge is 0.417 e. The monoisotopic (exact) mass is 262 g/mol. The fourth-order valence-corrected chi connectivity index (χ4v) is 1.34. The second kappa shape index (κ2) is 5.38. The summed E-state index contributed by atoms with van der Waals surface area (Å²) in [5.41, 5.74) is 0.820. The molecule has 1 N–H and O–H groups in total. The van der Waals surface area contributed by atoms with E-state index in [1.165, 1.54) is 4.90 Å². The Morgan fingerprint density at radius 1 is 1.26 bits per heavy atom. The van der Waals surface area contributed by atoms with Crippen molar-refractivity contribution in [3.63, 3.8) is 0 Å². The van der Waals surface area contributed by atoms with Crippen LogP contribution in [0.4, 0.5) is 4.79 Å². The molecule has 1 aromatic heterocycles. The van der Waals surface area contributed by atoms with Gasteiger partial charge in [0.15, 0.2) is 5.82 Å². The van der Waals surface area contributed by atoms with Gasteiger partial charge in [-0.1, -0.05) is 0 Å². The van der Waals surface area contributed by atoms with Gasteiger partial charge in [0.2, 0.25) is 0 Å². The van der Waals surface area contributed by atoms with Gasteiger partial charge < -0.3 is 14.4 Å². The number of aromatic nitrogens is 3. The van der Waals surface area contributed by atoms with E-state index in [2.05, 4.69) is 15.2 Å². The maximum atomic E-state index is 11.3. The summed E-state index contributed by atoms with van der Waals surface area (Å²) < 4.78 is 10.00. The van der Waals surface area contributed by atoms with Crippen molar-refractivity contribution in [2.24, 2.45) is 0 Å². The van der Waals surface area contributed by atoms with Crippen molar-refractivity contribution in [2.45, 2.75) is 0 Å². The van der Waals surface area contributed by atoms with Crippen LogP contribution >= 0.6 is 0 Å². The van der Waals surface area contributed by atoms with Gasteiger partial charge in [-0.15, -0.1) is 5.10 Å². The van der Waals surface area contributed by atoms with Gasteiger partial charge >= 0.3 is 12.1 Å². The molecule has 1 aromatic carbocycles. The molecule has 0 aliphatic rings. The summed E-state index contributed by atoms with van der Waals surface area (Å²) in [5, 5.41) is 6.53. The van der Waals surface area contributed by atoms with E-state index < -0.39 is 6.09 Å². The number of nitrogens with one attached hydrogen (secondary N) is 1. The molecule has 1 heterocycles. The van der Waals surface area contributed by atoms with Crippen molar-refractivity contribution in [1.29, 1.82) is 0 Å². The number of carbonyl (C=O) groups excluding carboxylic acids is 1. The molecule has 2 rings (SSSR count). The van der Waals surface area contributed by atoms with Crippen LogP contribution in [0.25, 0.3) is 11.4 Å². The lowest BCUT2D eigenvalue weighted by molar-refractivity contribution is 0.168. The second-order valence-electron chi connectivity index (χ2n) is 3.96. The zero-order chi connectivity index (χ0) is 13.8. The number of hydrogen-bond acceptors (Lipinski definition) is 5. The minimum Gasteiger partial charge on any atom is -0.497 e. The van der Waals surface area contributed by atoms with Crippen LogP contribution in [0.1, 0.15) is 0 Å². The van der Waals surface area contributed by atoms with Crippen LogP contribution in [0.2, 0.25) is 0 Å². The number of carbonyl (C=O) groups is 1. The molecule has 1 amide bonds. The molecule has 0 saturated carbocycles. The van der Waals surface area contributed by atoms with Crippen LogP contribution in [-0.2, 0) is 0 Å². The number of rotatable bonds is 3. The molecule has 0 aliphatic carbocycles. The number of amides is 1. The highest BCUT2D eigenvalue weighted by Crippen LogP contribution is 2.20. The van der Waals surface area contributed by atoms with Gasteiger partial charge in [0.05, 0.1) is 7.11 Å². The lowest BCUT2D eigenvalue weighted by Gasteiger charge is -2.06. The first-order valence-corrected chi connectivity index (χ1v) is 5.56. The number of benzene rings is 1. The van der Waals surface area contributed by atoms with E-state index >= 15 is 0 Å². The van der Waals surface area contributed by atoms with Crippen LogP contribution in [0.15, 0.2) is 24.3 Å². The van der Waals surface area contributed by atoms with Gasteiger partial charge in [0.25, 0.3) is 0 Å². The number of H-pyrrole nitrogens is 1. The lowest BCUT2D eigenvalue weighted by Crippen LogP contribution is -2.25. The van der Waals surface area contributed by atoms with Gasteiger partial charge in [-0.05, 0) is 24.3 Å². The maximum Gasteiger partial charge on any atom is 0.417 e. The Hall–Kier alpha value is -2.57. The minimum atomic E-state index is -0.528. The molecule has 0 unspecified atom stereocenters. The maximum absolute atomic E-state index is 11.3. The Labute approximate surface area is 110 Å². The number of nitrogens with zero attached hydrogens (tertiary/aromatic N) is 3. The highest BCUT2D eigenvalue weighted by Gasteiger charge is 2.12. The summed E-state index contributed by atoms with van der Waals surface area (Å²) in [6, 6.07) is 7.27. The Balaban J connectivity index is 2.13. The van der Waals surface area contributed by atoms with Crippen molar-refractivity contribution in [3.05, 3.63) is 24.3 Å². The summed E-state index contributed by atoms with van der Waals surface area (Å²) in [5.74, 6) is 1.27. The van der Waals surface area contributed by atoms with Crippen molar-refractivity contribution >= 4 is 6.09 Å². The third-order valence-corrected chi connectivity index (χ3v) is 2.37. The Morgan fingerprint density at radius 3 is 2.53 bits per heavy atom. The van der Waals surface area contributed by atoms with Gasteiger partial charge in [-0.3, -0.25) is 5.10 Å². The Bertz CT molecular complexity index is 563. The molecule has 0 spiro atoms. The molecule has 0 saturated heterocycles. The fraction of sp³-hybridized carbons (Fsp3) is 0.250. The first kappa shape index (κ1) is 12.9. The van der Waals surface area contributed by atoms with E-state index in [0.717, 1.165) is 11.3 Å². The van der Waals surface area contributed by atoms with Crippen LogP contribution in [0.3, 0.4) is 0 Å². The molecular formula is C12H14N4O3. The zero-order valence-electron chi connectivity index (χ0n) is 10.9. The molecule has 0 aliphatic heterocycles. The van der Waals surface area contributed by atoms with E-state index in [9.17, 15) is 4.79 Å². The largest absolute Gasteiger partial charge is 0.497 e. The SMILES string of the molecule is COc1ccc(-c2nc(OC(=O)N(C)C)n[nH]2)cc1. The summed E-state index contributed by atoms with van der Waals surface area (Å²) in [6.07, 6.45) is -0.528. The molecule has 100 valence electrons. The topological polar surface area (TPSA) is 80.3 Å². The predicted molar refractivity (Wildman–Crippen MR) is 68.1 cm³/mol. The highest BCUT2D eigenvalue weighted by molar-refractivity contribution is 5.69. The molecular weight excluding hydrogens is 248 g/mol. The quantitative estimate of drug-likeness (QED) is 0.907. The van der Waals surface area contributed by atoms with E-state index in [1.54, 1.807) is 21.2 Å². The fourth-order valence-electron chi connectivity index (χ4n) is 1.34. The van der Waals surface area contributed by atoms with E-state index in [0.29, 0.717) is 5.82 Å². The van der Waals surface area contributed by atoms with E-state index in [-0.39, 0.29) is 6.01 Å². The lowest BCUT2D eigenvalue weighted by atomic mass is 10.2. The van der Waals surface area contributed by atoms with Gasteiger partial charge in [0.1, 0.15) is 5.75 Å². The van der Waals surface area contributed by atoms with Crippen molar-refractivity contribution < 1.29 is 14.3 Å². The van der Waals surface area contributed by atoms with Gasteiger partial charge in [0, 0.05) is 19.7 Å². The zero-order valence-corrected chi connectivity index (χ0v) is 10.9. The van der Waals surface area contributed by atoms with Crippen LogP contribution in [0.5, 0.6) is 11.8 Å². The molecule has 0 radical (unpaired) electrons. The number of hydrogen-bond donors (Lipinski definition) is 1. The van der Waals surface area contributed by atoms with E-state index in [1.807, 2.05) is 24.3 Å². The van der Waals surface area contributed by atoms with Crippen LogP contribution in [-0.4, -0.2) is 47.4 Å². The molecule has 0 atom stereocenters. The standard InChI is InChI=1S/C12H14N4O3/c1-16(2)12(17)19-11-13-10(14-15-11)8-4-6-9(18-3)7-5-8/h4-7H,1-3H3,(H,13,14,15). The van der Waals surface area contributed by atoms with E-state index in [4.69, 9.17) is 9.47 Å². The summed E-state index contributed by atoms with van der Waals surface area (Å²) in [7, 11) is 4.76. The minimum absolute atomic E-state index is 0.00971. The Kier molecular flexibility index (Phi) is 3.65. The predicted octanol–water partition coefficient (Wildman–Crippen LogP) is 1.54. The molecule has 0 fully saturated rings. The average Bonchev–Trinajstić information content (AvgIpc) is 2.87. The number of methoxy groups -OCH3 is 1. The normalized spacial score (nSPS) is 10.1. The third kappa shape index (κ3) is 3.01. The summed E-state index contributed by atoms with van der Waals surface area (Å²) in [6.45, 7) is 0. The second-order valence-corrected chi connectivity index (χ2v) is 3.96. The molecule has 2 aromatic rings. The first-order chi connectivity index (χ1) is 9.10. The van der Waals surface area contributed by atoms with Crippen LogP contribution < -0.4 is 9.47 Å². The molecule has 19 heavy (non-hydrogen) atoms. The summed E-state index contributed by atoms with van der Waals surface area (Å²) >= 11 is 0. The van der Waals surface area contributed by atoms with Gasteiger partial charge in [-0.2, -0.15) is 4.98 Å². The van der Waals surface area contributed by atoms with Crippen molar-refractivity contribution in [3.8, 4) is 23.1 Å². The average molecular weight is 262 g/mol. The molecule has 7 heteroatoms. The van der Waals surface area contributed by atoms with Gasteiger partial charge in [-0.25, -0.2) is 4.79 Å². The number of aromatic amines is 1. The molecule has 7 nitrogen and oxygen atoms in total. The van der Waals surface area contributed by atoms with Crippen molar-refractivity contribution in [2.75, 3.05) is 21.2 Å². The van der Waals surface area contributed by atoms with Crippen molar-refractivity contribution in [1.82, 2.24) is 20.1 Å². The summed E-state index contributed by atoms with van der Waals surface area (Å²) in [4.78, 5) is 16.7. The Morgan fingerprint density at radius 2 is 1.95 bits per heavy atom. The third-order valence-electron chi connectivity index (χ3n) is 2.37. The molecule has 0 bridgehead atoms. The van der Waals surface area contributed by atoms with Crippen LogP contribution in [0, 0.1) is 0 Å². The highest BCUT2D eigenvalue weighted by atomic mass is 16.6. The number of ether oxygens (including phenoxy) is 2.